The summed E-state index contributed by atoms with van der Waals surface area (Å²) in [4.78, 5) is 0. The molecule has 0 radical (unpaired) electrons. The highest BCUT2D eigenvalue weighted by Gasteiger charge is 2.60. The van der Waals surface area contributed by atoms with Gasteiger partial charge in [-0.15, -0.1) is 0 Å². The molecule has 3 heteroatoms. The van der Waals surface area contributed by atoms with Crippen molar-refractivity contribution in [3.8, 4) is 0 Å². The highest BCUT2D eigenvalue weighted by molar-refractivity contribution is 6.76. The zero-order chi connectivity index (χ0) is 14.3. The second-order valence-electron chi connectivity index (χ2n) is 8.12. The summed E-state index contributed by atoms with van der Waals surface area (Å²) >= 11 is 0. The van der Waals surface area contributed by atoms with Crippen LogP contribution in [0.3, 0.4) is 0 Å². The van der Waals surface area contributed by atoms with Crippen LogP contribution in [0.15, 0.2) is 12.2 Å². The standard InChI is InChI=1S/C16H30O2Si/c1-12-9-13-14(16(13,2)3)10-15(12)18-11-17-7-8-19(4,5)6/h13-15H,1,7-11H2,2-6H3/t13-,14+,15+/m0/s1. The summed E-state index contributed by atoms with van der Waals surface area (Å²) in [6.45, 7) is 17.3. The Morgan fingerprint density at radius 2 is 1.95 bits per heavy atom. The Labute approximate surface area is 119 Å². The minimum absolute atomic E-state index is 0.231. The second kappa shape index (κ2) is 5.34. The van der Waals surface area contributed by atoms with Crippen LogP contribution in [-0.2, 0) is 9.47 Å². The largest absolute Gasteiger partial charge is 0.356 e. The van der Waals surface area contributed by atoms with Crippen LogP contribution in [-0.4, -0.2) is 27.6 Å². The number of ether oxygens (including phenoxy) is 2. The first kappa shape index (κ1) is 15.3. The summed E-state index contributed by atoms with van der Waals surface area (Å²) in [7, 11) is -0.982. The molecule has 110 valence electrons. The third kappa shape index (κ3) is 3.70. The molecular weight excluding hydrogens is 252 g/mol. The monoisotopic (exact) mass is 282 g/mol. The van der Waals surface area contributed by atoms with Gasteiger partial charge >= 0.3 is 0 Å². The summed E-state index contributed by atoms with van der Waals surface area (Å²) < 4.78 is 11.5. The minimum Gasteiger partial charge on any atom is -0.356 e. The quantitative estimate of drug-likeness (QED) is 0.313. The molecule has 2 saturated carbocycles. The van der Waals surface area contributed by atoms with Gasteiger partial charge in [0.1, 0.15) is 6.79 Å². The van der Waals surface area contributed by atoms with Gasteiger partial charge in [0.15, 0.2) is 0 Å². The minimum atomic E-state index is -0.982. The molecule has 2 aliphatic rings. The van der Waals surface area contributed by atoms with Crippen molar-refractivity contribution in [3.05, 3.63) is 12.2 Å². The van der Waals surface area contributed by atoms with Crippen LogP contribution in [0.2, 0.25) is 25.7 Å². The van der Waals surface area contributed by atoms with Crippen molar-refractivity contribution in [2.24, 2.45) is 17.3 Å². The van der Waals surface area contributed by atoms with E-state index >= 15 is 0 Å². The maximum Gasteiger partial charge on any atom is 0.147 e. The molecule has 0 heterocycles. The summed E-state index contributed by atoms with van der Waals surface area (Å²) in [5.74, 6) is 1.69. The highest BCUT2D eigenvalue weighted by atomic mass is 28.3. The average molecular weight is 282 g/mol. The Bertz CT molecular complexity index is 343. The number of rotatable bonds is 6. The third-order valence-corrected chi connectivity index (χ3v) is 6.75. The topological polar surface area (TPSA) is 18.5 Å². The number of hydrogen-bond acceptors (Lipinski definition) is 2. The Morgan fingerprint density at radius 3 is 2.58 bits per heavy atom. The van der Waals surface area contributed by atoms with Gasteiger partial charge in [-0.3, -0.25) is 0 Å². The van der Waals surface area contributed by atoms with E-state index in [0.717, 1.165) is 31.3 Å². The molecule has 0 aromatic heterocycles. The molecule has 2 fully saturated rings. The molecule has 0 aliphatic heterocycles. The van der Waals surface area contributed by atoms with E-state index in [2.05, 4.69) is 40.1 Å². The fourth-order valence-electron chi connectivity index (χ4n) is 3.30. The van der Waals surface area contributed by atoms with Crippen molar-refractivity contribution in [3.63, 3.8) is 0 Å². The summed E-state index contributed by atoms with van der Waals surface area (Å²) in [6.07, 6.45) is 2.53. The van der Waals surface area contributed by atoms with Gasteiger partial charge < -0.3 is 9.47 Å². The van der Waals surface area contributed by atoms with Gasteiger partial charge in [0.05, 0.1) is 6.10 Å². The molecule has 2 rings (SSSR count). The zero-order valence-electron chi connectivity index (χ0n) is 13.3. The summed E-state index contributed by atoms with van der Waals surface area (Å²) in [6, 6.07) is 1.21. The van der Waals surface area contributed by atoms with E-state index in [1.54, 1.807) is 0 Å². The van der Waals surface area contributed by atoms with E-state index in [-0.39, 0.29) is 6.10 Å². The van der Waals surface area contributed by atoms with Crippen LogP contribution >= 0.6 is 0 Å². The molecule has 2 nitrogen and oxygen atoms in total. The Hall–Kier alpha value is -0.123. The molecule has 19 heavy (non-hydrogen) atoms. The van der Waals surface area contributed by atoms with Crippen LogP contribution in [0.1, 0.15) is 26.7 Å². The first-order chi connectivity index (χ1) is 8.72. The number of hydrogen-bond donors (Lipinski definition) is 0. The van der Waals surface area contributed by atoms with Crippen LogP contribution < -0.4 is 0 Å². The molecule has 0 bridgehead atoms. The predicted molar refractivity (Wildman–Crippen MR) is 83.0 cm³/mol. The van der Waals surface area contributed by atoms with Crippen molar-refractivity contribution in [1.29, 1.82) is 0 Å². The lowest BCUT2D eigenvalue weighted by Gasteiger charge is -2.24. The molecule has 0 unspecified atom stereocenters. The Balaban J connectivity index is 1.65. The lowest BCUT2D eigenvalue weighted by molar-refractivity contribution is -0.0816. The van der Waals surface area contributed by atoms with E-state index in [9.17, 15) is 0 Å². The number of fused-ring (bicyclic) bond motifs is 1. The predicted octanol–water partition coefficient (Wildman–Crippen LogP) is 4.31. The van der Waals surface area contributed by atoms with E-state index in [4.69, 9.17) is 9.47 Å². The first-order valence-electron chi connectivity index (χ1n) is 7.59. The fraction of sp³-hybridized carbons (Fsp3) is 0.875. The summed E-state index contributed by atoms with van der Waals surface area (Å²) in [5.41, 5.74) is 1.79. The molecule has 0 saturated heterocycles. The van der Waals surface area contributed by atoms with Crippen LogP contribution in [0.5, 0.6) is 0 Å². The van der Waals surface area contributed by atoms with Gasteiger partial charge in [0.2, 0.25) is 0 Å². The normalized spacial score (nSPS) is 33.1. The molecule has 0 N–H and O–H groups in total. The Morgan fingerprint density at radius 1 is 1.26 bits per heavy atom. The van der Waals surface area contributed by atoms with E-state index in [1.807, 2.05) is 0 Å². The lowest BCUT2D eigenvalue weighted by Crippen LogP contribution is -2.24. The van der Waals surface area contributed by atoms with Gasteiger partial charge in [-0.2, -0.15) is 0 Å². The fourth-order valence-corrected chi connectivity index (χ4v) is 4.05. The zero-order valence-corrected chi connectivity index (χ0v) is 14.3. The van der Waals surface area contributed by atoms with Crippen molar-refractivity contribution in [2.45, 2.75) is 58.5 Å². The first-order valence-corrected chi connectivity index (χ1v) is 11.3. The maximum absolute atomic E-state index is 5.89. The van der Waals surface area contributed by atoms with Crippen LogP contribution in [0, 0.1) is 17.3 Å². The van der Waals surface area contributed by atoms with Crippen molar-refractivity contribution < 1.29 is 9.47 Å². The molecule has 0 aromatic rings. The van der Waals surface area contributed by atoms with Crippen LogP contribution in [0.4, 0.5) is 0 Å². The molecule has 3 atom stereocenters. The van der Waals surface area contributed by atoms with Gasteiger partial charge in [-0.25, -0.2) is 0 Å². The smallest absolute Gasteiger partial charge is 0.147 e. The van der Waals surface area contributed by atoms with E-state index in [0.29, 0.717) is 12.2 Å². The van der Waals surface area contributed by atoms with Gasteiger partial charge in [-0.1, -0.05) is 40.1 Å². The average Bonchev–Trinajstić information content (AvgIpc) is 2.78. The molecule has 0 spiro atoms. The second-order valence-corrected chi connectivity index (χ2v) is 13.7. The van der Waals surface area contributed by atoms with Crippen molar-refractivity contribution in [1.82, 2.24) is 0 Å². The molecule has 2 aliphatic carbocycles. The molecule has 0 amide bonds. The van der Waals surface area contributed by atoms with E-state index < -0.39 is 8.07 Å². The van der Waals surface area contributed by atoms with Gasteiger partial charge in [0.25, 0.3) is 0 Å². The third-order valence-electron chi connectivity index (χ3n) is 5.04. The Kier molecular flexibility index (Phi) is 4.29. The molecular formula is C16H30O2Si. The SMILES string of the molecule is C=C1C[C@H]2[C@@H](C[C@H]1OCOCC[Si](C)(C)C)C2(C)C. The lowest BCUT2D eigenvalue weighted by atomic mass is 9.93. The summed E-state index contributed by atoms with van der Waals surface area (Å²) in [5, 5.41) is 0. The highest BCUT2D eigenvalue weighted by Crippen LogP contribution is 2.65. The van der Waals surface area contributed by atoms with Crippen molar-refractivity contribution in [2.75, 3.05) is 13.4 Å². The molecule has 0 aromatic carbocycles. The van der Waals surface area contributed by atoms with Crippen molar-refractivity contribution >= 4 is 8.07 Å². The van der Waals surface area contributed by atoms with Gasteiger partial charge in [0, 0.05) is 14.7 Å². The van der Waals surface area contributed by atoms with Gasteiger partial charge in [-0.05, 0) is 41.7 Å². The maximum atomic E-state index is 5.89. The van der Waals surface area contributed by atoms with E-state index in [1.165, 1.54) is 11.6 Å². The van der Waals surface area contributed by atoms with Crippen LogP contribution in [0.25, 0.3) is 0 Å².